The summed E-state index contributed by atoms with van der Waals surface area (Å²) in [6.07, 6.45) is 2.02. The van der Waals surface area contributed by atoms with E-state index in [-0.39, 0.29) is 22.5 Å². The zero-order valence-electron chi connectivity index (χ0n) is 12.2. The van der Waals surface area contributed by atoms with E-state index in [1.165, 1.54) is 35.5 Å². The second-order valence-corrected chi connectivity index (χ2v) is 7.37. The van der Waals surface area contributed by atoms with E-state index < -0.39 is 10.0 Å². The summed E-state index contributed by atoms with van der Waals surface area (Å²) in [6, 6.07) is 5.81. The Morgan fingerprint density at radius 3 is 2.14 bits per heavy atom. The Labute approximate surface area is 125 Å². The van der Waals surface area contributed by atoms with Gasteiger partial charge in [-0.25, -0.2) is 8.42 Å². The van der Waals surface area contributed by atoms with Gasteiger partial charge in [0.15, 0.2) is 5.78 Å². The fourth-order valence-electron chi connectivity index (χ4n) is 2.51. The number of nitrogens with zero attached hydrogens (tertiary/aromatic N) is 1. The van der Waals surface area contributed by atoms with Crippen molar-refractivity contribution in [3.8, 4) is 0 Å². The van der Waals surface area contributed by atoms with E-state index in [0.29, 0.717) is 31.2 Å². The van der Waals surface area contributed by atoms with Crippen LogP contribution in [0.3, 0.4) is 0 Å². The van der Waals surface area contributed by atoms with E-state index in [1.807, 2.05) is 0 Å². The second kappa shape index (κ2) is 6.07. The summed E-state index contributed by atoms with van der Waals surface area (Å²) < 4.78 is 26.4. The van der Waals surface area contributed by atoms with Gasteiger partial charge >= 0.3 is 0 Å². The summed E-state index contributed by atoms with van der Waals surface area (Å²) in [5, 5.41) is 0. The molecule has 21 heavy (non-hydrogen) atoms. The van der Waals surface area contributed by atoms with Gasteiger partial charge in [-0.3, -0.25) is 9.59 Å². The molecule has 0 atom stereocenters. The average molecular weight is 309 g/mol. The van der Waals surface area contributed by atoms with Crippen LogP contribution in [0, 0.1) is 0 Å². The molecule has 2 rings (SSSR count). The van der Waals surface area contributed by atoms with Gasteiger partial charge in [-0.05, 0) is 31.9 Å². The summed E-state index contributed by atoms with van der Waals surface area (Å²) in [6.45, 7) is 1.44. The maximum Gasteiger partial charge on any atom is 0.243 e. The summed E-state index contributed by atoms with van der Waals surface area (Å²) in [5.41, 5.74) is 0.486. The largest absolute Gasteiger partial charge is 0.300 e. The van der Waals surface area contributed by atoms with Gasteiger partial charge < -0.3 is 0 Å². The number of rotatable bonds is 4. The molecule has 1 aliphatic rings. The Morgan fingerprint density at radius 1 is 1.14 bits per heavy atom. The number of hydrogen-bond donors (Lipinski definition) is 0. The lowest BCUT2D eigenvalue weighted by molar-refractivity contribution is -0.120. The zero-order chi connectivity index (χ0) is 15.6. The first-order valence-corrected chi connectivity index (χ1v) is 8.37. The number of hydrogen-bond acceptors (Lipinski definition) is 4. The predicted molar refractivity (Wildman–Crippen MR) is 78.7 cm³/mol. The first-order chi connectivity index (χ1) is 9.82. The molecule has 1 saturated carbocycles. The van der Waals surface area contributed by atoms with Crippen molar-refractivity contribution >= 4 is 21.6 Å². The molecule has 0 radical (unpaired) electrons. The van der Waals surface area contributed by atoms with Crippen molar-refractivity contribution in [3.63, 3.8) is 0 Å². The minimum atomic E-state index is -3.59. The number of ketones is 2. The van der Waals surface area contributed by atoms with E-state index >= 15 is 0 Å². The number of carbonyl (C=O) groups is 2. The Balaban J connectivity index is 2.20. The molecule has 1 aromatic carbocycles. The van der Waals surface area contributed by atoms with Gasteiger partial charge in [-0.1, -0.05) is 12.1 Å². The van der Waals surface area contributed by atoms with Crippen molar-refractivity contribution in [1.82, 2.24) is 4.31 Å². The van der Waals surface area contributed by atoms with Crippen LogP contribution in [0.2, 0.25) is 0 Å². The molecular formula is C15H19NO4S. The maximum absolute atomic E-state index is 12.6. The topological polar surface area (TPSA) is 71.5 Å². The Bertz CT molecular complexity index is 639. The number of Topliss-reactive ketones (excluding diaryl/α,β-unsaturated/α-hetero) is 2. The number of sulfonamides is 1. The molecule has 0 unspecified atom stereocenters. The van der Waals surface area contributed by atoms with Gasteiger partial charge in [0.05, 0.1) is 4.90 Å². The monoisotopic (exact) mass is 309 g/mol. The van der Waals surface area contributed by atoms with Crippen LogP contribution in [0.5, 0.6) is 0 Å². The van der Waals surface area contributed by atoms with E-state index in [2.05, 4.69) is 0 Å². The molecular weight excluding hydrogens is 290 g/mol. The summed E-state index contributed by atoms with van der Waals surface area (Å²) in [5.74, 6) is 0.0981. The van der Waals surface area contributed by atoms with Gasteiger partial charge in [-0.15, -0.1) is 0 Å². The van der Waals surface area contributed by atoms with Crippen LogP contribution < -0.4 is 0 Å². The molecule has 0 aliphatic heterocycles. The standard InChI is InChI=1S/C15H19NO4S/c1-11(17)12-3-9-15(10-4-12)21(19,20)16(2)13-5-7-14(18)8-6-13/h3-4,9-10,13H,5-8H2,1-2H3. The zero-order valence-corrected chi connectivity index (χ0v) is 13.0. The van der Waals surface area contributed by atoms with E-state index in [4.69, 9.17) is 0 Å². The molecule has 0 bridgehead atoms. The normalized spacial score (nSPS) is 17.2. The summed E-state index contributed by atoms with van der Waals surface area (Å²) in [4.78, 5) is 22.7. The molecule has 0 spiro atoms. The first kappa shape index (κ1) is 15.9. The van der Waals surface area contributed by atoms with Crippen LogP contribution in [0.15, 0.2) is 29.2 Å². The van der Waals surface area contributed by atoms with Gasteiger partial charge in [0.25, 0.3) is 0 Å². The molecule has 1 fully saturated rings. The van der Waals surface area contributed by atoms with Crippen molar-refractivity contribution in [2.75, 3.05) is 7.05 Å². The molecule has 0 N–H and O–H groups in total. The molecule has 0 amide bonds. The smallest absolute Gasteiger partial charge is 0.243 e. The Hall–Kier alpha value is -1.53. The Kier molecular flexibility index (Phi) is 4.58. The molecule has 114 valence electrons. The van der Waals surface area contributed by atoms with Gasteiger partial charge in [-0.2, -0.15) is 4.31 Å². The van der Waals surface area contributed by atoms with Crippen LogP contribution >= 0.6 is 0 Å². The molecule has 0 saturated heterocycles. The van der Waals surface area contributed by atoms with Crippen molar-refractivity contribution < 1.29 is 18.0 Å². The third kappa shape index (κ3) is 3.39. The van der Waals surface area contributed by atoms with Crippen molar-refractivity contribution in [2.24, 2.45) is 0 Å². The molecule has 1 aliphatic carbocycles. The fraction of sp³-hybridized carbons (Fsp3) is 0.467. The average Bonchev–Trinajstić information content (AvgIpc) is 2.47. The second-order valence-electron chi connectivity index (χ2n) is 5.37. The van der Waals surface area contributed by atoms with E-state index in [9.17, 15) is 18.0 Å². The molecule has 0 heterocycles. The number of carbonyl (C=O) groups excluding carboxylic acids is 2. The predicted octanol–water partition coefficient (Wildman–Crippen LogP) is 2.02. The van der Waals surface area contributed by atoms with E-state index in [1.54, 1.807) is 7.05 Å². The van der Waals surface area contributed by atoms with Crippen LogP contribution in [-0.2, 0) is 14.8 Å². The van der Waals surface area contributed by atoms with Gasteiger partial charge in [0.2, 0.25) is 10.0 Å². The van der Waals surface area contributed by atoms with Crippen molar-refractivity contribution in [1.29, 1.82) is 0 Å². The number of benzene rings is 1. The highest BCUT2D eigenvalue weighted by Crippen LogP contribution is 2.25. The van der Waals surface area contributed by atoms with Gasteiger partial charge in [0, 0.05) is 31.5 Å². The van der Waals surface area contributed by atoms with Crippen LogP contribution in [-0.4, -0.2) is 37.4 Å². The highest BCUT2D eigenvalue weighted by atomic mass is 32.2. The molecule has 5 nitrogen and oxygen atoms in total. The van der Waals surface area contributed by atoms with E-state index in [0.717, 1.165) is 0 Å². The lowest BCUT2D eigenvalue weighted by Crippen LogP contribution is -2.39. The van der Waals surface area contributed by atoms with Gasteiger partial charge in [0.1, 0.15) is 5.78 Å². The molecule has 0 aromatic heterocycles. The van der Waals surface area contributed by atoms with Crippen molar-refractivity contribution in [3.05, 3.63) is 29.8 Å². The van der Waals surface area contributed by atoms with Crippen LogP contribution in [0.25, 0.3) is 0 Å². The fourth-order valence-corrected chi connectivity index (χ4v) is 3.93. The maximum atomic E-state index is 12.6. The minimum Gasteiger partial charge on any atom is -0.300 e. The lowest BCUT2D eigenvalue weighted by Gasteiger charge is -2.29. The minimum absolute atomic E-state index is 0.0990. The summed E-state index contributed by atoms with van der Waals surface area (Å²) in [7, 11) is -2.04. The molecule has 6 heteroatoms. The third-order valence-electron chi connectivity index (χ3n) is 3.96. The Morgan fingerprint density at radius 2 is 1.67 bits per heavy atom. The third-order valence-corrected chi connectivity index (χ3v) is 5.89. The van der Waals surface area contributed by atoms with Crippen LogP contribution in [0.1, 0.15) is 43.0 Å². The SMILES string of the molecule is CC(=O)c1ccc(S(=O)(=O)N(C)C2CCC(=O)CC2)cc1. The van der Waals surface area contributed by atoms with Crippen molar-refractivity contribution in [2.45, 2.75) is 43.5 Å². The highest BCUT2D eigenvalue weighted by Gasteiger charge is 2.30. The quantitative estimate of drug-likeness (QED) is 0.798. The first-order valence-electron chi connectivity index (χ1n) is 6.93. The summed E-state index contributed by atoms with van der Waals surface area (Å²) >= 11 is 0. The highest BCUT2D eigenvalue weighted by molar-refractivity contribution is 7.89. The van der Waals surface area contributed by atoms with Crippen LogP contribution in [0.4, 0.5) is 0 Å². The lowest BCUT2D eigenvalue weighted by atomic mass is 9.95. The molecule has 1 aromatic rings.